The van der Waals surface area contributed by atoms with Crippen molar-refractivity contribution in [2.75, 3.05) is 18.5 Å². The zero-order valence-corrected chi connectivity index (χ0v) is 17.5. The van der Waals surface area contributed by atoms with Gasteiger partial charge in [-0.15, -0.1) is 5.10 Å². The minimum Gasteiger partial charge on any atom is -0.441 e. The molecule has 0 radical (unpaired) electrons. The number of anilines is 1. The molecule has 2 saturated heterocycles. The third-order valence-electron chi connectivity index (χ3n) is 5.21. The number of nitriles is 1. The van der Waals surface area contributed by atoms with Gasteiger partial charge in [-0.3, -0.25) is 5.32 Å². The fraction of sp³-hybridized carbons (Fsp3) is 0.286. The molecule has 3 heterocycles. The predicted octanol–water partition coefficient (Wildman–Crippen LogP) is 2.65. The minimum absolute atomic E-state index is 0.209. The molecular weight excluding hydrogens is 432 g/mol. The largest absolute Gasteiger partial charge is 0.441 e. The summed E-state index contributed by atoms with van der Waals surface area (Å²) in [6, 6.07) is 18.2. The molecule has 1 N–H and O–H groups in total. The molecule has 10 nitrogen and oxygen atoms in total. The minimum atomic E-state index is -0.635. The summed E-state index contributed by atoms with van der Waals surface area (Å²) in [7, 11) is 0. The zero-order valence-electron chi connectivity index (χ0n) is 16.7. The summed E-state index contributed by atoms with van der Waals surface area (Å²) >= 11 is 1.46. The van der Waals surface area contributed by atoms with Gasteiger partial charge in [0.1, 0.15) is 18.2 Å². The van der Waals surface area contributed by atoms with Crippen molar-refractivity contribution in [3.63, 3.8) is 0 Å². The number of hydrogen-bond acceptors (Lipinski definition) is 9. The van der Waals surface area contributed by atoms with E-state index < -0.39 is 18.3 Å². The third kappa shape index (κ3) is 4.16. The Balaban J connectivity index is 1.23. The van der Waals surface area contributed by atoms with Gasteiger partial charge in [-0.25, -0.2) is 9.48 Å². The van der Waals surface area contributed by atoms with Crippen molar-refractivity contribution in [2.45, 2.75) is 34.4 Å². The van der Waals surface area contributed by atoms with Crippen LogP contribution in [0.2, 0.25) is 0 Å². The first-order valence-electron chi connectivity index (χ1n) is 9.93. The first-order valence-corrected chi connectivity index (χ1v) is 10.7. The summed E-state index contributed by atoms with van der Waals surface area (Å²) in [5, 5.41) is 24.4. The fourth-order valence-electron chi connectivity index (χ4n) is 3.76. The third-order valence-corrected chi connectivity index (χ3v) is 6.17. The second-order valence-corrected chi connectivity index (χ2v) is 8.29. The van der Waals surface area contributed by atoms with Gasteiger partial charge in [0.15, 0.2) is 6.10 Å². The van der Waals surface area contributed by atoms with Gasteiger partial charge < -0.3 is 14.2 Å². The van der Waals surface area contributed by atoms with Crippen LogP contribution in [0.25, 0.3) is 0 Å². The van der Waals surface area contributed by atoms with Crippen LogP contribution in [0.3, 0.4) is 0 Å². The van der Waals surface area contributed by atoms with Crippen molar-refractivity contribution in [1.82, 2.24) is 20.2 Å². The van der Waals surface area contributed by atoms with Gasteiger partial charge >= 0.3 is 6.09 Å². The second kappa shape index (κ2) is 8.96. The monoisotopic (exact) mass is 450 g/mol. The molecule has 0 bridgehead atoms. The van der Waals surface area contributed by atoms with Crippen LogP contribution in [0.1, 0.15) is 11.6 Å². The molecule has 2 aromatic carbocycles. The Morgan fingerprint density at radius 3 is 2.84 bits per heavy atom. The Morgan fingerprint density at radius 1 is 1.16 bits per heavy atom. The smallest absolute Gasteiger partial charge is 0.412 e. The molecule has 2 aliphatic heterocycles. The first kappa shape index (κ1) is 20.4. The Kier molecular flexibility index (Phi) is 5.72. The average molecular weight is 450 g/mol. The fourth-order valence-corrected chi connectivity index (χ4v) is 4.61. The number of fused-ring (bicyclic) bond motifs is 1. The van der Waals surface area contributed by atoms with Crippen LogP contribution in [-0.2, 0) is 14.2 Å². The maximum absolute atomic E-state index is 12.4. The molecular formula is C21H18N6O4S. The summed E-state index contributed by atoms with van der Waals surface area (Å²) in [4.78, 5) is 13.4. The lowest BCUT2D eigenvalue weighted by Gasteiger charge is -2.17. The molecule has 0 aliphatic carbocycles. The Bertz CT molecular complexity index is 1150. The summed E-state index contributed by atoms with van der Waals surface area (Å²) < 4.78 is 19.1. The molecule has 1 aromatic heterocycles. The van der Waals surface area contributed by atoms with E-state index in [9.17, 15) is 4.79 Å². The number of benzene rings is 2. The molecule has 4 atom stereocenters. The van der Waals surface area contributed by atoms with Gasteiger partial charge in [-0.2, -0.15) is 5.26 Å². The number of nitrogens with zero attached hydrogens (tertiary/aromatic N) is 5. The lowest BCUT2D eigenvalue weighted by Crippen LogP contribution is -2.35. The van der Waals surface area contributed by atoms with Gasteiger partial charge in [0.2, 0.25) is 5.16 Å². The zero-order chi connectivity index (χ0) is 21.9. The quantitative estimate of drug-likeness (QED) is 0.624. The van der Waals surface area contributed by atoms with E-state index in [4.69, 9.17) is 19.5 Å². The lowest BCUT2D eigenvalue weighted by molar-refractivity contribution is 0.00751. The molecule has 0 saturated carbocycles. The Hall–Kier alpha value is -3.46. The van der Waals surface area contributed by atoms with Crippen LogP contribution in [0.4, 0.5) is 10.5 Å². The van der Waals surface area contributed by atoms with Gasteiger partial charge in [-0.1, -0.05) is 24.3 Å². The van der Waals surface area contributed by atoms with Crippen LogP contribution in [0.5, 0.6) is 0 Å². The van der Waals surface area contributed by atoms with Gasteiger partial charge in [0.25, 0.3) is 0 Å². The predicted molar refractivity (Wildman–Crippen MR) is 112 cm³/mol. The van der Waals surface area contributed by atoms with E-state index in [0.717, 1.165) is 4.90 Å². The van der Waals surface area contributed by atoms with E-state index in [2.05, 4.69) is 20.8 Å². The number of aromatic nitrogens is 4. The van der Waals surface area contributed by atoms with Crippen molar-refractivity contribution in [3.05, 3.63) is 60.2 Å². The molecule has 3 aromatic rings. The highest BCUT2D eigenvalue weighted by Gasteiger charge is 2.51. The van der Waals surface area contributed by atoms with Crippen LogP contribution < -0.4 is 5.32 Å². The van der Waals surface area contributed by atoms with Crippen molar-refractivity contribution in [3.8, 4) is 6.07 Å². The van der Waals surface area contributed by atoms with Gasteiger partial charge in [0.05, 0.1) is 24.8 Å². The number of carbonyl (C=O) groups excluding carboxylic acids is 1. The molecule has 5 rings (SSSR count). The highest BCUT2D eigenvalue weighted by molar-refractivity contribution is 7.99. The number of carbonyl (C=O) groups is 1. The van der Waals surface area contributed by atoms with E-state index in [1.54, 1.807) is 28.9 Å². The van der Waals surface area contributed by atoms with Crippen LogP contribution in [-0.4, -0.2) is 57.8 Å². The summed E-state index contributed by atoms with van der Waals surface area (Å²) in [5.74, 6) is 0. The Morgan fingerprint density at radius 2 is 2.00 bits per heavy atom. The standard InChI is InChI=1S/C21H18N6O4S/c22-10-13-5-4-6-14(9-13)23-21(28)31-17-12-30-18-16(11-29-19(17)18)27-20(24-25-26-27)32-15-7-2-1-3-8-15/h1-9,16-19H,11-12H2,(H,23,28). The Labute approximate surface area is 187 Å². The van der Waals surface area contributed by atoms with E-state index >= 15 is 0 Å². The number of rotatable bonds is 5. The van der Waals surface area contributed by atoms with E-state index in [1.807, 2.05) is 36.4 Å². The summed E-state index contributed by atoms with van der Waals surface area (Å²) in [6.45, 7) is 0.551. The molecule has 4 unspecified atom stereocenters. The molecule has 162 valence electrons. The summed E-state index contributed by atoms with van der Waals surface area (Å²) in [5.41, 5.74) is 0.922. The molecule has 2 fully saturated rings. The highest BCUT2D eigenvalue weighted by Crippen LogP contribution is 2.37. The van der Waals surface area contributed by atoms with Crippen molar-refractivity contribution < 1.29 is 19.0 Å². The summed E-state index contributed by atoms with van der Waals surface area (Å²) in [6.07, 6.45) is -1.96. The van der Waals surface area contributed by atoms with Gasteiger partial charge in [-0.05, 0) is 52.5 Å². The first-order chi connectivity index (χ1) is 15.7. The second-order valence-electron chi connectivity index (χ2n) is 7.25. The van der Waals surface area contributed by atoms with Crippen LogP contribution in [0, 0.1) is 11.3 Å². The SMILES string of the molecule is N#Cc1cccc(NC(=O)OC2COC3C2OCC3n2nnnc2Sc2ccccc2)c1. The molecule has 2 aliphatic rings. The molecule has 11 heteroatoms. The average Bonchev–Trinajstić information content (AvgIpc) is 3.52. The molecule has 1 amide bonds. The van der Waals surface area contributed by atoms with E-state index in [-0.39, 0.29) is 18.8 Å². The number of nitrogens with one attached hydrogen (secondary N) is 1. The number of tetrazole rings is 1. The van der Waals surface area contributed by atoms with Crippen LogP contribution in [0.15, 0.2) is 64.6 Å². The topological polar surface area (TPSA) is 124 Å². The van der Waals surface area contributed by atoms with Crippen LogP contribution >= 0.6 is 11.8 Å². The maximum atomic E-state index is 12.4. The van der Waals surface area contributed by atoms with E-state index in [0.29, 0.717) is 23.0 Å². The van der Waals surface area contributed by atoms with Gasteiger partial charge in [0, 0.05) is 10.6 Å². The maximum Gasteiger partial charge on any atom is 0.412 e. The molecule has 0 spiro atoms. The van der Waals surface area contributed by atoms with Crippen molar-refractivity contribution >= 4 is 23.5 Å². The van der Waals surface area contributed by atoms with E-state index in [1.165, 1.54) is 11.8 Å². The molecule has 32 heavy (non-hydrogen) atoms. The van der Waals surface area contributed by atoms with Crippen molar-refractivity contribution in [1.29, 1.82) is 5.26 Å². The highest BCUT2D eigenvalue weighted by atomic mass is 32.2. The number of hydrogen-bond donors (Lipinski definition) is 1. The normalized spacial score (nSPS) is 24.0. The number of ether oxygens (including phenoxy) is 3. The van der Waals surface area contributed by atoms with Crippen molar-refractivity contribution in [2.24, 2.45) is 0 Å². The number of amides is 1. The lowest BCUT2D eigenvalue weighted by atomic mass is 10.1.